The minimum atomic E-state index is -0.528. The van der Waals surface area contributed by atoms with Crippen molar-refractivity contribution in [1.29, 1.82) is 0 Å². The third-order valence-electron chi connectivity index (χ3n) is 2.67. The maximum absolute atomic E-state index is 11.0. The molecule has 2 rings (SSSR count). The summed E-state index contributed by atoms with van der Waals surface area (Å²) < 4.78 is 6.61. The van der Waals surface area contributed by atoms with Crippen molar-refractivity contribution in [2.45, 2.75) is 6.54 Å². The predicted molar refractivity (Wildman–Crippen MR) is 80.5 cm³/mol. The van der Waals surface area contributed by atoms with Gasteiger partial charge < -0.3 is 10.1 Å². The van der Waals surface area contributed by atoms with E-state index in [9.17, 15) is 10.1 Å². The molecule has 0 unspecified atom stereocenters. The largest absolute Gasteiger partial charge is 0.383 e. The number of benzene rings is 1. The van der Waals surface area contributed by atoms with Crippen LogP contribution in [0.3, 0.4) is 0 Å². The van der Waals surface area contributed by atoms with Crippen molar-refractivity contribution in [2.24, 2.45) is 0 Å². The second-order valence-corrected chi connectivity index (χ2v) is 4.96. The fourth-order valence-electron chi connectivity index (χ4n) is 1.68. The first-order valence-electron chi connectivity index (χ1n) is 5.93. The molecule has 1 aromatic carbocycles. The van der Waals surface area contributed by atoms with Gasteiger partial charge in [-0.25, -0.2) is 0 Å². The van der Waals surface area contributed by atoms with Gasteiger partial charge in [-0.2, -0.15) is 5.10 Å². The fourth-order valence-corrected chi connectivity index (χ4v) is 2.00. The number of nitro benzene ring substituents is 1. The van der Waals surface area contributed by atoms with E-state index in [2.05, 4.69) is 10.4 Å². The Balaban J connectivity index is 2.24. The number of ether oxygens (including phenoxy) is 1. The molecular weight excluding hydrogens is 319 g/mol. The number of methoxy groups -OCH3 is 1. The molecule has 0 amide bonds. The molecular formula is C12H12Cl2N4O3. The number of hydrogen-bond acceptors (Lipinski definition) is 5. The minimum absolute atomic E-state index is 0.129. The van der Waals surface area contributed by atoms with Crippen molar-refractivity contribution in [1.82, 2.24) is 9.78 Å². The molecule has 0 aliphatic carbocycles. The van der Waals surface area contributed by atoms with E-state index < -0.39 is 4.92 Å². The third kappa shape index (κ3) is 3.84. The maximum Gasteiger partial charge on any atom is 0.294 e. The molecule has 0 aliphatic heterocycles. The van der Waals surface area contributed by atoms with Gasteiger partial charge in [0.05, 0.1) is 40.0 Å². The minimum Gasteiger partial charge on any atom is -0.383 e. The first-order valence-corrected chi connectivity index (χ1v) is 6.68. The summed E-state index contributed by atoms with van der Waals surface area (Å²) >= 11 is 11.7. The zero-order chi connectivity index (χ0) is 15.4. The molecule has 0 saturated heterocycles. The van der Waals surface area contributed by atoms with Gasteiger partial charge in [-0.3, -0.25) is 14.8 Å². The van der Waals surface area contributed by atoms with E-state index in [0.717, 1.165) is 0 Å². The Kier molecular flexibility index (Phi) is 5.00. The van der Waals surface area contributed by atoms with Gasteiger partial charge in [0.15, 0.2) is 0 Å². The number of anilines is 2. The van der Waals surface area contributed by atoms with Crippen LogP contribution in [0.5, 0.6) is 0 Å². The van der Waals surface area contributed by atoms with Crippen LogP contribution in [0.25, 0.3) is 0 Å². The second-order valence-electron chi connectivity index (χ2n) is 4.15. The van der Waals surface area contributed by atoms with Crippen LogP contribution in [0.15, 0.2) is 24.5 Å². The smallest absolute Gasteiger partial charge is 0.294 e. The summed E-state index contributed by atoms with van der Waals surface area (Å²) in [5, 5.41) is 18.4. The Morgan fingerprint density at radius 1 is 1.43 bits per heavy atom. The number of aromatic nitrogens is 2. The maximum atomic E-state index is 11.0. The van der Waals surface area contributed by atoms with E-state index >= 15 is 0 Å². The van der Waals surface area contributed by atoms with Gasteiger partial charge in [-0.1, -0.05) is 23.2 Å². The summed E-state index contributed by atoms with van der Waals surface area (Å²) in [6, 6.07) is 2.62. The van der Waals surface area contributed by atoms with Crippen molar-refractivity contribution in [3.8, 4) is 0 Å². The lowest BCUT2D eigenvalue weighted by Gasteiger charge is -2.06. The number of halogens is 2. The van der Waals surface area contributed by atoms with Crippen LogP contribution in [-0.2, 0) is 11.3 Å². The summed E-state index contributed by atoms with van der Waals surface area (Å²) in [5.41, 5.74) is 0.697. The summed E-state index contributed by atoms with van der Waals surface area (Å²) in [6.45, 7) is 1.11. The average molecular weight is 331 g/mol. The summed E-state index contributed by atoms with van der Waals surface area (Å²) in [6.07, 6.45) is 3.27. The summed E-state index contributed by atoms with van der Waals surface area (Å²) in [5.74, 6) is 0. The highest BCUT2D eigenvalue weighted by atomic mass is 35.5. The van der Waals surface area contributed by atoms with Crippen LogP contribution in [-0.4, -0.2) is 28.4 Å². The molecule has 0 spiro atoms. The van der Waals surface area contributed by atoms with Crippen LogP contribution in [0.2, 0.25) is 10.0 Å². The Hall–Kier alpha value is -1.83. The number of nitrogens with one attached hydrogen (secondary N) is 1. The number of rotatable bonds is 6. The molecule has 2 aromatic rings. The van der Waals surface area contributed by atoms with E-state index in [1.165, 1.54) is 12.1 Å². The van der Waals surface area contributed by atoms with Crippen LogP contribution < -0.4 is 5.32 Å². The molecule has 1 heterocycles. The summed E-state index contributed by atoms with van der Waals surface area (Å²) in [4.78, 5) is 10.5. The Morgan fingerprint density at radius 3 is 2.81 bits per heavy atom. The van der Waals surface area contributed by atoms with Gasteiger partial charge in [0, 0.05) is 19.4 Å². The van der Waals surface area contributed by atoms with E-state index in [0.29, 0.717) is 18.8 Å². The van der Waals surface area contributed by atoms with Crippen molar-refractivity contribution >= 4 is 40.3 Å². The molecule has 0 bridgehead atoms. The average Bonchev–Trinajstić information content (AvgIpc) is 2.87. The monoisotopic (exact) mass is 330 g/mol. The lowest BCUT2D eigenvalue weighted by molar-refractivity contribution is -0.383. The van der Waals surface area contributed by atoms with Gasteiger partial charge in [-0.05, 0) is 6.07 Å². The number of nitro groups is 1. The first kappa shape index (κ1) is 15.6. The first-order chi connectivity index (χ1) is 10.0. The highest BCUT2D eigenvalue weighted by Gasteiger charge is 2.17. The van der Waals surface area contributed by atoms with Crippen LogP contribution in [0.4, 0.5) is 17.1 Å². The summed E-state index contributed by atoms with van der Waals surface area (Å²) in [7, 11) is 1.60. The predicted octanol–water partition coefficient (Wildman–Crippen LogP) is 3.49. The van der Waals surface area contributed by atoms with Crippen molar-refractivity contribution in [2.75, 3.05) is 19.0 Å². The van der Waals surface area contributed by atoms with Crippen molar-refractivity contribution in [3.63, 3.8) is 0 Å². The molecule has 0 aliphatic rings. The lowest BCUT2D eigenvalue weighted by atomic mass is 10.2. The third-order valence-corrected chi connectivity index (χ3v) is 3.39. The van der Waals surface area contributed by atoms with Crippen LogP contribution in [0, 0.1) is 10.1 Å². The molecule has 7 nitrogen and oxygen atoms in total. The van der Waals surface area contributed by atoms with E-state index in [4.69, 9.17) is 27.9 Å². The molecule has 0 fully saturated rings. The quantitative estimate of drug-likeness (QED) is 0.647. The fraction of sp³-hybridized carbons (Fsp3) is 0.250. The molecule has 0 atom stereocenters. The Morgan fingerprint density at radius 2 is 2.14 bits per heavy atom. The second kappa shape index (κ2) is 6.75. The molecule has 0 radical (unpaired) electrons. The van der Waals surface area contributed by atoms with Crippen molar-refractivity contribution in [3.05, 3.63) is 44.7 Å². The molecule has 112 valence electrons. The SMILES string of the molecule is COCCn1cc(Nc2cc(Cl)c(Cl)cc2[N+](=O)[O-])cn1. The van der Waals surface area contributed by atoms with Crippen molar-refractivity contribution < 1.29 is 9.66 Å². The van der Waals surface area contributed by atoms with Gasteiger partial charge in [0.25, 0.3) is 5.69 Å². The Labute approximate surface area is 130 Å². The van der Waals surface area contributed by atoms with Crippen LogP contribution in [0.1, 0.15) is 0 Å². The number of hydrogen-bond donors (Lipinski definition) is 1. The Bertz CT molecular complexity index is 660. The van der Waals surface area contributed by atoms with E-state index in [-0.39, 0.29) is 21.4 Å². The van der Waals surface area contributed by atoms with Gasteiger partial charge in [0.2, 0.25) is 0 Å². The van der Waals surface area contributed by atoms with Gasteiger partial charge in [-0.15, -0.1) is 0 Å². The molecule has 0 saturated carbocycles. The highest BCUT2D eigenvalue weighted by Crippen LogP contribution is 2.35. The zero-order valence-corrected chi connectivity index (χ0v) is 12.6. The normalized spacial score (nSPS) is 10.6. The topological polar surface area (TPSA) is 82.2 Å². The van der Waals surface area contributed by atoms with E-state index in [1.807, 2.05) is 0 Å². The van der Waals surface area contributed by atoms with Gasteiger partial charge in [0.1, 0.15) is 5.69 Å². The zero-order valence-electron chi connectivity index (χ0n) is 11.0. The van der Waals surface area contributed by atoms with Crippen LogP contribution >= 0.6 is 23.2 Å². The lowest BCUT2D eigenvalue weighted by Crippen LogP contribution is -2.04. The molecule has 21 heavy (non-hydrogen) atoms. The van der Waals surface area contributed by atoms with E-state index in [1.54, 1.807) is 24.2 Å². The highest BCUT2D eigenvalue weighted by molar-refractivity contribution is 6.42. The molecule has 1 aromatic heterocycles. The molecule has 1 N–H and O–H groups in total. The number of nitrogens with zero attached hydrogens (tertiary/aromatic N) is 3. The standard InChI is InChI=1S/C12H12Cl2N4O3/c1-21-3-2-17-7-8(6-15-17)16-11-4-9(13)10(14)5-12(11)18(19)20/h4-7,16H,2-3H2,1H3. The van der Waals surface area contributed by atoms with Gasteiger partial charge >= 0.3 is 0 Å². The molecule has 9 heteroatoms.